The Morgan fingerprint density at radius 2 is 2.57 bits per heavy atom. The normalized spacial score (nSPS) is 16.7. The Bertz CT molecular complexity index is 370. The van der Waals surface area contributed by atoms with Gasteiger partial charge in [-0.1, -0.05) is 5.16 Å². The summed E-state index contributed by atoms with van der Waals surface area (Å²) in [5, 5.41) is 5.72. The zero-order valence-corrected chi connectivity index (χ0v) is 8.08. The van der Waals surface area contributed by atoms with Crippen molar-refractivity contribution in [2.75, 3.05) is 5.73 Å². The first-order valence-corrected chi connectivity index (χ1v) is 5.01. The van der Waals surface area contributed by atoms with Crippen molar-refractivity contribution in [2.24, 2.45) is 5.16 Å². The van der Waals surface area contributed by atoms with Crippen LogP contribution in [0, 0.1) is 0 Å². The molecular formula is C8H8N3O2S. The maximum atomic E-state index is 10.5. The first-order valence-electron chi connectivity index (χ1n) is 4.13. The monoisotopic (exact) mass is 210 g/mol. The number of nitrogens with zero attached hydrogens (tertiary/aromatic N) is 2. The Labute approximate surface area is 84.6 Å². The van der Waals surface area contributed by atoms with Gasteiger partial charge in [0.1, 0.15) is 11.8 Å². The van der Waals surface area contributed by atoms with Gasteiger partial charge in [-0.3, -0.25) is 4.79 Å². The molecule has 2 N–H and O–H groups in total. The van der Waals surface area contributed by atoms with Crippen LogP contribution in [0.3, 0.4) is 0 Å². The van der Waals surface area contributed by atoms with Crippen molar-refractivity contribution in [3.8, 4) is 0 Å². The molecule has 0 spiro atoms. The highest BCUT2D eigenvalue weighted by Gasteiger charge is 2.24. The molecule has 0 aliphatic heterocycles. The third-order valence-corrected chi connectivity index (χ3v) is 2.35. The lowest BCUT2D eigenvalue weighted by Crippen LogP contribution is -2.04. The standard InChI is InChI=1S/C8H8N3O2S/c9-8-10-7(4-14-8)6(3-12)11-13-5-1-2-5/h4-5H,1-2H2,(H2,9,10). The fourth-order valence-electron chi connectivity index (χ4n) is 0.815. The van der Waals surface area contributed by atoms with Crippen LogP contribution in [0.4, 0.5) is 5.13 Å². The SMILES string of the molecule is Nc1nc(C([C]=O)=NOC2CC2)cs1. The summed E-state index contributed by atoms with van der Waals surface area (Å²) in [4.78, 5) is 19.5. The van der Waals surface area contributed by atoms with Crippen LogP contribution in [-0.2, 0) is 9.63 Å². The van der Waals surface area contributed by atoms with E-state index in [4.69, 9.17) is 10.6 Å². The van der Waals surface area contributed by atoms with Crippen molar-refractivity contribution in [3.05, 3.63) is 11.1 Å². The summed E-state index contributed by atoms with van der Waals surface area (Å²) in [5.74, 6) is 0. The largest absolute Gasteiger partial charge is 0.392 e. The Morgan fingerprint density at radius 3 is 3.07 bits per heavy atom. The molecule has 0 unspecified atom stereocenters. The van der Waals surface area contributed by atoms with E-state index in [9.17, 15) is 4.79 Å². The van der Waals surface area contributed by atoms with E-state index >= 15 is 0 Å². The molecule has 0 aromatic carbocycles. The maximum Gasteiger partial charge on any atom is 0.259 e. The van der Waals surface area contributed by atoms with E-state index in [1.165, 1.54) is 11.3 Å². The zero-order chi connectivity index (χ0) is 9.97. The molecule has 1 aliphatic carbocycles. The van der Waals surface area contributed by atoms with Gasteiger partial charge >= 0.3 is 0 Å². The lowest BCUT2D eigenvalue weighted by molar-refractivity contribution is 0.130. The van der Waals surface area contributed by atoms with Crippen LogP contribution in [0.2, 0.25) is 0 Å². The minimum atomic E-state index is 0.0739. The van der Waals surface area contributed by atoms with Crippen LogP contribution >= 0.6 is 11.3 Å². The van der Waals surface area contributed by atoms with E-state index in [2.05, 4.69) is 10.1 Å². The quantitative estimate of drug-likeness (QED) is 0.586. The molecule has 6 heteroatoms. The number of rotatable bonds is 4. The number of anilines is 1. The number of carbonyl (C=O) groups excluding carboxylic acids is 1. The van der Waals surface area contributed by atoms with Gasteiger partial charge in [-0.15, -0.1) is 11.3 Å². The lowest BCUT2D eigenvalue weighted by Gasteiger charge is -1.94. The summed E-state index contributed by atoms with van der Waals surface area (Å²) < 4.78 is 0. The topological polar surface area (TPSA) is 77.6 Å². The first-order chi connectivity index (χ1) is 6.79. The molecule has 0 bridgehead atoms. The molecule has 1 saturated carbocycles. The second-order valence-corrected chi connectivity index (χ2v) is 3.81. The van der Waals surface area contributed by atoms with Crippen molar-refractivity contribution >= 4 is 28.5 Å². The van der Waals surface area contributed by atoms with Gasteiger partial charge in [-0.2, -0.15) is 0 Å². The van der Waals surface area contributed by atoms with Gasteiger partial charge in [0.2, 0.25) is 0 Å². The number of oxime groups is 1. The first kappa shape index (κ1) is 9.14. The Balaban J connectivity index is 2.10. The minimum Gasteiger partial charge on any atom is -0.392 e. The van der Waals surface area contributed by atoms with Gasteiger partial charge in [-0.25, -0.2) is 4.98 Å². The fourth-order valence-corrected chi connectivity index (χ4v) is 1.36. The predicted octanol–water partition coefficient (Wildman–Crippen LogP) is 0.718. The number of hydrogen-bond donors (Lipinski definition) is 1. The van der Waals surface area contributed by atoms with Crippen LogP contribution in [0.5, 0.6) is 0 Å². The van der Waals surface area contributed by atoms with E-state index in [1.807, 2.05) is 0 Å². The van der Waals surface area contributed by atoms with E-state index in [0.717, 1.165) is 12.8 Å². The number of hydrogen-bond acceptors (Lipinski definition) is 6. The molecule has 1 fully saturated rings. The second kappa shape index (κ2) is 3.75. The molecule has 14 heavy (non-hydrogen) atoms. The number of nitrogens with two attached hydrogens (primary N) is 1. The molecule has 1 aliphatic rings. The summed E-state index contributed by atoms with van der Waals surface area (Å²) in [6.45, 7) is 0. The molecule has 2 rings (SSSR count). The molecule has 0 saturated heterocycles. The summed E-state index contributed by atoms with van der Waals surface area (Å²) in [7, 11) is 0. The maximum absolute atomic E-state index is 10.5. The molecule has 0 amide bonds. The Kier molecular flexibility index (Phi) is 2.45. The summed E-state index contributed by atoms with van der Waals surface area (Å²) in [6, 6.07) is 0. The van der Waals surface area contributed by atoms with Gasteiger partial charge in [0, 0.05) is 5.38 Å². The van der Waals surface area contributed by atoms with Gasteiger partial charge in [-0.05, 0) is 12.8 Å². The number of aromatic nitrogens is 1. The predicted molar refractivity (Wildman–Crippen MR) is 52.9 cm³/mol. The highest BCUT2D eigenvalue weighted by molar-refractivity contribution is 7.13. The molecule has 73 valence electrons. The molecule has 0 atom stereocenters. The van der Waals surface area contributed by atoms with Gasteiger partial charge in [0.25, 0.3) is 6.29 Å². The smallest absolute Gasteiger partial charge is 0.259 e. The van der Waals surface area contributed by atoms with Crippen molar-refractivity contribution in [2.45, 2.75) is 18.9 Å². The van der Waals surface area contributed by atoms with Crippen molar-refractivity contribution < 1.29 is 9.63 Å². The van der Waals surface area contributed by atoms with Crippen LogP contribution in [0.15, 0.2) is 10.5 Å². The van der Waals surface area contributed by atoms with Crippen LogP contribution in [-0.4, -0.2) is 23.1 Å². The summed E-state index contributed by atoms with van der Waals surface area (Å²) >= 11 is 1.25. The lowest BCUT2D eigenvalue weighted by atomic mass is 10.3. The Morgan fingerprint density at radius 1 is 1.79 bits per heavy atom. The molecule has 1 aromatic rings. The van der Waals surface area contributed by atoms with Crippen molar-refractivity contribution in [1.29, 1.82) is 0 Å². The van der Waals surface area contributed by atoms with E-state index in [1.54, 1.807) is 11.7 Å². The van der Waals surface area contributed by atoms with Crippen molar-refractivity contribution in [1.82, 2.24) is 4.98 Å². The molecular weight excluding hydrogens is 202 g/mol. The third kappa shape index (κ3) is 2.08. The average molecular weight is 210 g/mol. The zero-order valence-electron chi connectivity index (χ0n) is 7.27. The highest BCUT2D eigenvalue weighted by Crippen LogP contribution is 2.23. The molecule has 1 radical (unpaired) electrons. The van der Waals surface area contributed by atoms with Gasteiger partial charge < -0.3 is 10.6 Å². The average Bonchev–Trinajstić information content (AvgIpc) is 2.90. The fraction of sp³-hybridized carbons (Fsp3) is 0.375. The van der Waals surface area contributed by atoms with Crippen LogP contribution in [0.1, 0.15) is 18.5 Å². The van der Waals surface area contributed by atoms with Crippen LogP contribution in [0.25, 0.3) is 0 Å². The van der Waals surface area contributed by atoms with E-state index in [-0.39, 0.29) is 11.8 Å². The Hall–Kier alpha value is -1.43. The third-order valence-electron chi connectivity index (χ3n) is 1.68. The highest BCUT2D eigenvalue weighted by atomic mass is 32.1. The number of nitrogen functional groups attached to an aromatic ring is 1. The van der Waals surface area contributed by atoms with Crippen LogP contribution < -0.4 is 5.73 Å². The summed E-state index contributed by atoms with van der Waals surface area (Å²) in [5.41, 5.74) is 5.91. The molecule has 1 aromatic heterocycles. The van der Waals surface area contributed by atoms with Crippen molar-refractivity contribution in [3.63, 3.8) is 0 Å². The summed E-state index contributed by atoms with van der Waals surface area (Å²) in [6.07, 6.45) is 3.83. The van der Waals surface area contributed by atoms with Gasteiger partial charge in [0.05, 0.1) is 0 Å². The second-order valence-electron chi connectivity index (χ2n) is 2.92. The van der Waals surface area contributed by atoms with Gasteiger partial charge in [0.15, 0.2) is 10.8 Å². The van der Waals surface area contributed by atoms with E-state index < -0.39 is 0 Å². The minimum absolute atomic E-state index is 0.0739. The van der Waals surface area contributed by atoms with E-state index in [0.29, 0.717) is 10.8 Å². The molecule has 5 nitrogen and oxygen atoms in total. The number of thiazole rings is 1. The molecule has 1 heterocycles.